The zero-order valence-corrected chi connectivity index (χ0v) is 16.8. The number of benzene rings is 2. The zero-order chi connectivity index (χ0) is 19.5. The summed E-state index contributed by atoms with van der Waals surface area (Å²) in [6.07, 6.45) is 0.224. The van der Waals surface area contributed by atoms with E-state index in [0.29, 0.717) is 15.9 Å². The fraction of sp³-hybridized carbons (Fsp3) is 0.235. The Labute approximate surface area is 160 Å². The van der Waals surface area contributed by atoms with Crippen molar-refractivity contribution >= 4 is 43.2 Å². The second-order valence-electron chi connectivity index (χ2n) is 5.60. The summed E-state index contributed by atoms with van der Waals surface area (Å²) in [6, 6.07) is 10.5. The van der Waals surface area contributed by atoms with E-state index in [0.717, 1.165) is 10.6 Å². The van der Waals surface area contributed by atoms with E-state index in [4.69, 9.17) is 4.74 Å². The first-order valence-corrected chi connectivity index (χ1v) is 10.2. The largest absolute Gasteiger partial charge is 0.481 e. The van der Waals surface area contributed by atoms with Crippen LogP contribution >= 0.6 is 15.9 Å². The van der Waals surface area contributed by atoms with Gasteiger partial charge in [-0.1, -0.05) is 15.9 Å². The number of anilines is 2. The van der Waals surface area contributed by atoms with E-state index < -0.39 is 27.9 Å². The van der Waals surface area contributed by atoms with Crippen molar-refractivity contribution in [1.82, 2.24) is 0 Å². The summed E-state index contributed by atoms with van der Waals surface area (Å²) in [5.74, 6) is -0.689. The van der Waals surface area contributed by atoms with Gasteiger partial charge in [0, 0.05) is 11.5 Å². The minimum absolute atomic E-state index is 0.0544. The number of nitrogens with one attached hydrogen (secondary N) is 1. The third kappa shape index (κ3) is 5.18. The van der Waals surface area contributed by atoms with Crippen LogP contribution in [0, 0.1) is 5.82 Å². The fourth-order valence-electron chi connectivity index (χ4n) is 2.01. The summed E-state index contributed by atoms with van der Waals surface area (Å²) < 4.78 is 44.0. The van der Waals surface area contributed by atoms with Gasteiger partial charge in [0.15, 0.2) is 6.10 Å². The number of halogens is 2. The quantitative estimate of drug-likeness (QED) is 0.740. The van der Waals surface area contributed by atoms with Gasteiger partial charge in [0.25, 0.3) is 5.91 Å². The number of hydrogen-bond acceptors (Lipinski definition) is 4. The standard InChI is InChI=1S/C17H18BrFN2O4S/c1-11(17(22)20-16-9-4-12(18)10-15(16)19)25-14-7-5-13(6-8-14)21(2)26(3,23)24/h4-11H,1-3H3,(H,20,22). The van der Waals surface area contributed by atoms with Gasteiger partial charge in [0.05, 0.1) is 17.6 Å². The minimum Gasteiger partial charge on any atom is -0.481 e. The van der Waals surface area contributed by atoms with Crippen molar-refractivity contribution in [3.05, 3.63) is 52.8 Å². The lowest BCUT2D eigenvalue weighted by Crippen LogP contribution is -2.30. The molecule has 0 saturated heterocycles. The number of nitrogens with zero attached hydrogens (tertiary/aromatic N) is 1. The van der Waals surface area contributed by atoms with E-state index in [1.54, 1.807) is 30.3 Å². The number of sulfonamides is 1. The van der Waals surface area contributed by atoms with Gasteiger partial charge in [-0.2, -0.15) is 0 Å². The molecule has 2 rings (SSSR count). The Kier molecular flexibility index (Phi) is 6.25. The lowest BCUT2D eigenvalue weighted by atomic mass is 10.2. The lowest BCUT2D eigenvalue weighted by molar-refractivity contribution is -0.122. The highest BCUT2D eigenvalue weighted by Crippen LogP contribution is 2.22. The van der Waals surface area contributed by atoms with Gasteiger partial charge in [-0.15, -0.1) is 0 Å². The highest BCUT2D eigenvalue weighted by molar-refractivity contribution is 9.10. The first-order chi connectivity index (χ1) is 12.1. The molecular weight excluding hydrogens is 427 g/mol. The molecule has 1 N–H and O–H groups in total. The van der Waals surface area contributed by atoms with Gasteiger partial charge in [0.1, 0.15) is 11.6 Å². The maximum Gasteiger partial charge on any atom is 0.265 e. The summed E-state index contributed by atoms with van der Waals surface area (Å²) in [4.78, 5) is 12.2. The minimum atomic E-state index is -3.36. The maximum atomic E-state index is 13.8. The van der Waals surface area contributed by atoms with E-state index in [9.17, 15) is 17.6 Å². The Balaban J connectivity index is 2.02. The van der Waals surface area contributed by atoms with Crippen molar-refractivity contribution in [3.8, 4) is 5.75 Å². The first kappa shape index (κ1) is 20.2. The van der Waals surface area contributed by atoms with Crippen LogP contribution in [-0.4, -0.2) is 33.7 Å². The summed E-state index contributed by atoms with van der Waals surface area (Å²) in [5, 5.41) is 2.46. The summed E-state index contributed by atoms with van der Waals surface area (Å²) in [6.45, 7) is 1.53. The van der Waals surface area contributed by atoms with Crippen molar-refractivity contribution in [2.75, 3.05) is 22.9 Å². The van der Waals surface area contributed by atoms with Crippen molar-refractivity contribution in [3.63, 3.8) is 0 Å². The average molecular weight is 445 g/mol. The Hall–Kier alpha value is -2.13. The third-order valence-electron chi connectivity index (χ3n) is 3.57. The van der Waals surface area contributed by atoms with E-state index >= 15 is 0 Å². The van der Waals surface area contributed by atoms with Crippen LogP contribution in [0.1, 0.15) is 6.92 Å². The number of hydrogen-bond donors (Lipinski definition) is 1. The molecule has 0 bridgehead atoms. The molecule has 0 heterocycles. The Morgan fingerprint density at radius 1 is 1.23 bits per heavy atom. The van der Waals surface area contributed by atoms with Crippen molar-refractivity contribution in [2.45, 2.75) is 13.0 Å². The lowest BCUT2D eigenvalue weighted by Gasteiger charge is -2.18. The Bertz CT molecular complexity index is 903. The molecule has 0 radical (unpaired) electrons. The first-order valence-electron chi connectivity index (χ1n) is 7.54. The predicted octanol–water partition coefficient (Wildman–Crippen LogP) is 3.39. The fourth-order valence-corrected chi connectivity index (χ4v) is 2.85. The molecule has 1 atom stereocenters. The average Bonchev–Trinajstić information content (AvgIpc) is 2.56. The van der Waals surface area contributed by atoms with Crippen molar-refractivity contribution in [2.24, 2.45) is 0 Å². The summed E-state index contributed by atoms with van der Waals surface area (Å²) >= 11 is 3.15. The van der Waals surface area contributed by atoms with Gasteiger partial charge >= 0.3 is 0 Å². The number of ether oxygens (including phenoxy) is 1. The normalized spacial score (nSPS) is 12.3. The molecule has 0 aliphatic carbocycles. The predicted molar refractivity (Wildman–Crippen MR) is 103 cm³/mol. The topological polar surface area (TPSA) is 75.7 Å². The van der Waals surface area contributed by atoms with Gasteiger partial charge in [-0.05, 0) is 49.4 Å². The molecule has 0 fully saturated rings. The van der Waals surface area contributed by atoms with Gasteiger partial charge < -0.3 is 10.1 Å². The van der Waals surface area contributed by atoms with Gasteiger partial charge in [-0.3, -0.25) is 9.10 Å². The second kappa shape index (κ2) is 8.05. The van der Waals surface area contributed by atoms with Crippen LogP contribution in [0.25, 0.3) is 0 Å². The second-order valence-corrected chi connectivity index (χ2v) is 8.53. The van der Waals surface area contributed by atoms with E-state index in [1.807, 2.05) is 0 Å². The van der Waals surface area contributed by atoms with Crippen LogP contribution in [-0.2, 0) is 14.8 Å². The Morgan fingerprint density at radius 2 is 1.85 bits per heavy atom. The smallest absolute Gasteiger partial charge is 0.265 e. The van der Waals surface area contributed by atoms with Crippen LogP contribution in [0.5, 0.6) is 5.75 Å². The molecule has 140 valence electrons. The summed E-state index contributed by atoms with van der Waals surface area (Å²) in [5.41, 5.74) is 0.521. The molecule has 2 aromatic carbocycles. The highest BCUT2D eigenvalue weighted by Gasteiger charge is 2.17. The van der Waals surface area contributed by atoms with E-state index in [2.05, 4.69) is 21.2 Å². The number of carbonyl (C=O) groups is 1. The number of carbonyl (C=O) groups excluding carboxylic acids is 1. The third-order valence-corrected chi connectivity index (χ3v) is 5.27. The van der Waals surface area contributed by atoms with Crippen molar-refractivity contribution < 1.29 is 22.3 Å². The molecule has 1 unspecified atom stereocenters. The molecule has 0 saturated carbocycles. The van der Waals surface area contributed by atoms with Crippen LogP contribution in [0.4, 0.5) is 15.8 Å². The molecule has 6 nitrogen and oxygen atoms in total. The van der Waals surface area contributed by atoms with Crippen molar-refractivity contribution in [1.29, 1.82) is 0 Å². The van der Waals surface area contributed by atoms with Gasteiger partial charge in [-0.25, -0.2) is 12.8 Å². The van der Waals surface area contributed by atoms with Crippen LogP contribution in [0.15, 0.2) is 46.9 Å². The molecular formula is C17H18BrFN2O4S. The van der Waals surface area contributed by atoms with Crippen LogP contribution in [0.2, 0.25) is 0 Å². The maximum absolute atomic E-state index is 13.8. The Morgan fingerprint density at radius 3 is 2.38 bits per heavy atom. The van der Waals surface area contributed by atoms with E-state index in [-0.39, 0.29) is 5.69 Å². The molecule has 26 heavy (non-hydrogen) atoms. The van der Waals surface area contributed by atoms with E-state index in [1.165, 1.54) is 26.1 Å². The van der Waals surface area contributed by atoms with Crippen LogP contribution < -0.4 is 14.4 Å². The molecule has 9 heteroatoms. The monoisotopic (exact) mass is 444 g/mol. The molecule has 2 aromatic rings. The van der Waals surface area contributed by atoms with Crippen LogP contribution in [0.3, 0.4) is 0 Å². The van der Waals surface area contributed by atoms with Gasteiger partial charge in [0.2, 0.25) is 10.0 Å². The summed E-state index contributed by atoms with van der Waals surface area (Å²) in [7, 11) is -1.92. The highest BCUT2D eigenvalue weighted by atomic mass is 79.9. The number of rotatable bonds is 6. The molecule has 0 aliphatic heterocycles. The SMILES string of the molecule is CC(Oc1ccc(N(C)S(C)(=O)=O)cc1)C(=O)Nc1ccc(Br)cc1F. The molecule has 1 amide bonds. The zero-order valence-electron chi connectivity index (χ0n) is 14.4. The molecule has 0 aromatic heterocycles. The number of amides is 1. The molecule has 0 spiro atoms. The molecule has 0 aliphatic rings.